The van der Waals surface area contributed by atoms with Crippen LogP contribution in [-0.4, -0.2) is 23.5 Å². The molecule has 0 bridgehead atoms. The van der Waals surface area contributed by atoms with Gasteiger partial charge in [-0.05, 0) is 53.6 Å². The lowest BCUT2D eigenvalue weighted by Gasteiger charge is -2.09. The molecule has 0 saturated heterocycles. The van der Waals surface area contributed by atoms with Crippen molar-refractivity contribution < 1.29 is 0 Å². The van der Waals surface area contributed by atoms with Crippen molar-refractivity contribution in [2.75, 3.05) is 0 Å². The van der Waals surface area contributed by atoms with Crippen LogP contribution in [-0.2, 0) is 0 Å². The first-order chi connectivity index (χ1) is 19.3. The number of rotatable bonds is 3. The molecule has 0 amide bonds. The maximum atomic E-state index is 13.6. The molecular formula is C33H21N5O. The number of fused-ring (bicyclic) bond motifs is 6. The summed E-state index contributed by atoms with van der Waals surface area (Å²) in [6.07, 6.45) is 0. The van der Waals surface area contributed by atoms with Gasteiger partial charge in [-0.1, -0.05) is 84.9 Å². The molecule has 8 rings (SSSR count). The Hall–Kier alpha value is -5.49. The fraction of sp³-hybridized carbons (Fsp3) is 0. The smallest absolute Gasteiger partial charge is 0.278 e. The molecule has 5 aromatic carbocycles. The summed E-state index contributed by atoms with van der Waals surface area (Å²) < 4.78 is 5.60. The monoisotopic (exact) mass is 503 g/mol. The standard InChI is InChI=1S/C33H21N5O/c39-33-35-31(34-32-36(24-13-5-2-6-14-24)29-17-9-10-18-30(29)38(32)33)37-27-16-8-7-15-25(27)26-21-23(19-20-28(26)37)22-11-3-1-4-12-22/h1-21H. The van der Waals surface area contributed by atoms with Crippen molar-refractivity contribution in [3.63, 3.8) is 0 Å². The van der Waals surface area contributed by atoms with E-state index in [-0.39, 0.29) is 5.69 Å². The van der Waals surface area contributed by atoms with E-state index in [1.54, 1.807) is 4.40 Å². The van der Waals surface area contributed by atoms with Crippen molar-refractivity contribution in [1.82, 2.24) is 23.5 Å². The lowest BCUT2D eigenvalue weighted by molar-refractivity contribution is 0.883. The van der Waals surface area contributed by atoms with Gasteiger partial charge in [0, 0.05) is 16.5 Å². The second kappa shape index (κ2) is 8.26. The molecule has 0 aliphatic heterocycles. The molecule has 0 saturated carbocycles. The van der Waals surface area contributed by atoms with Crippen LogP contribution >= 0.6 is 0 Å². The minimum absolute atomic E-state index is 0.346. The molecule has 0 radical (unpaired) electrons. The van der Waals surface area contributed by atoms with E-state index in [2.05, 4.69) is 47.4 Å². The van der Waals surface area contributed by atoms with E-state index in [0.717, 1.165) is 49.7 Å². The normalized spacial score (nSPS) is 11.7. The minimum Gasteiger partial charge on any atom is -0.278 e. The summed E-state index contributed by atoms with van der Waals surface area (Å²) in [5.41, 5.74) is 6.39. The molecule has 0 atom stereocenters. The van der Waals surface area contributed by atoms with E-state index < -0.39 is 0 Å². The fourth-order valence-corrected chi connectivity index (χ4v) is 5.63. The van der Waals surface area contributed by atoms with Crippen LogP contribution in [0.4, 0.5) is 0 Å². The van der Waals surface area contributed by atoms with Crippen molar-refractivity contribution in [2.45, 2.75) is 0 Å². The van der Waals surface area contributed by atoms with Gasteiger partial charge in [-0.25, -0.2) is 9.20 Å². The number of hydrogen-bond donors (Lipinski definition) is 0. The lowest BCUT2D eigenvalue weighted by atomic mass is 10.0. The first kappa shape index (κ1) is 21.6. The van der Waals surface area contributed by atoms with Crippen LogP contribution in [0, 0.1) is 0 Å². The second-order valence-electron chi connectivity index (χ2n) is 9.55. The second-order valence-corrected chi connectivity index (χ2v) is 9.55. The summed E-state index contributed by atoms with van der Waals surface area (Å²) in [6, 6.07) is 42.7. The Bertz CT molecular complexity index is 2240. The molecule has 0 aliphatic rings. The zero-order valence-electron chi connectivity index (χ0n) is 20.8. The maximum absolute atomic E-state index is 13.6. The van der Waals surface area contributed by atoms with E-state index in [0.29, 0.717) is 11.7 Å². The van der Waals surface area contributed by atoms with Crippen LogP contribution < -0.4 is 5.69 Å². The summed E-state index contributed by atoms with van der Waals surface area (Å²) in [5.74, 6) is 0.864. The Morgan fingerprint density at radius 3 is 1.92 bits per heavy atom. The lowest BCUT2D eigenvalue weighted by Crippen LogP contribution is -2.21. The average molecular weight is 504 g/mol. The van der Waals surface area contributed by atoms with Crippen molar-refractivity contribution in [3.05, 3.63) is 138 Å². The molecule has 0 aliphatic carbocycles. The average Bonchev–Trinajstić information content (AvgIpc) is 3.51. The molecule has 0 fully saturated rings. The van der Waals surface area contributed by atoms with Crippen molar-refractivity contribution in [3.8, 4) is 22.8 Å². The molecule has 184 valence electrons. The fourth-order valence-electron chi connectivity index (χ4n) is 5.63. The van der Waals surface area contributed by atoms with Gasteiger partial charge < -0.3 is 0 Å². The van der Waals surface area contributed by atoms with Gasteiger partial charge in [0.15, 0.2) is 0 Å². The van der Waals surface area contributed by atoms with E-state index in [1.165, 1.54) is 0 Å². The minimum atomic E-state index is -0.368. The summed E-state index contributed by atoms with van der Waals surface area (Å²) >= 11 is 0. The van der Waals surface area contributed by atoms with Gasteiger partial charge in [0.05, 0.1) is 22.1 Å². The van der Waals surface area contributed by atoms with Crippen LogP contribution in [0.1, 0.15) is 0 Å². The third-order valence-corrected chi connectivity index (χ3v) is 7.34. The van der Waals surface area contributed by atoms with Crippen LogP contribution in [0.5, 0.6) is 0 Å². The number of aromatic nitrogens is 5. The summed E-state index contributed by atoms with van der Waals surface area (Å²) in [5, 5.41) is 2.16. The molecule has 3 aromatic heterocycles. The van der Waals surface area contributed by atoms with E-state index in [1.807, 2.05) is 94.1 Å². The highest BCUT2D eigenvalue weighted by Gasteiger charge is 2.20. The van der Waals surface area contributed by atoms with Crippen LogP contribution in [0.2, 0.25) is 0 Å². The number of hydrogen-bond acceptors (Lipinski definition) is 3. The quantitative estimate of drug-likeness (QED) is 0.267. The Morgan fingerprint density at radius 1 is 0.487 bits per heavy atom. The number of nitrogens with zero attached hydrogens (tertiary/aromatic N) is 5. The molecule has 0 spiro atoms. The largest absolute Gasteiger partial charge is 0.358 e. The Kier molecular flexibility index (Phi) is 4.57. The third kappa shape index (κ3) is 3.18. The highest BCUT2D eigenvalue weighted by atomic mass is 16.1. The summed E-state index contributed by atoms with van der Waals surface area (Å²) in [4.78, 5) is 23.2. The van der Waals surface area contributed by atoms with E-state index in [4.69, 9.17) is 4.98 Å². The van der Waals surface area contributed by atoms with E-state index in [9.17, 15) is 4.79 Å². The zero-order chi connectivity index (χ0) is 25.9. The highest BCUT2D eigenvalue weighted by molar-refractivity contribution is 6.10. The van der Waals surface area contributed by atoms with Gasteiger partial charge >= 0.3 is 5.69 Å². The SMILES string of the molecule is O=c1nc(-n2c3ccccc3c3cc(-c4ccccc4)ccc32)nc2n(-c3ccccc3)c3ccccc3n12. The molecule has 39 heavy (non-hydrogen) atoms. The molecule has 6 heteroatoms. The van der Waals surface area contributed by atoms with Crippen LogP contribution in [0.25, 0.3) is 61.4 Å². The highest BCUT2D eigenvalue weighted by Crippen LogP contribution is 2.34. The third-order valence-electron chi connectivity index (χ3n) is 7.34. The maximum Gasteiger partial charge on any atom is 0.358 e. The van der Waals surface area contributed by atoms with Crippen molar-refractivity contribution >= 4 is 38.6 Å². The Morgan fingerprint density at radius 2 is 1.13 bits per heavy atom. The molecule has 0 N–H and O–H groups in total. The molecule has 8 aromatic rings. The summed E-state index contributed by atoms with van der Waals surface area (Å²) in [7, 11) is 0. The van der Waals surface area contributed by atoms with Gasteiger partial charge in [0.25, 0.3) is 0 Å². The van der Waals surface area contributed by atoms with Gasteiger partial charge in [0.1, 0.15) is 0 Å². The van der Waals surface area contributed by atoms with Gasteiger partial charge in [-0.3, -0.25) is 9.13 Å². The van der Waals surface area contributed by atoms with Crippen molar-refractivity contribution in [2.24, 2.45) is 0 Å². The Balaban J connectivity index is 1.46. The number of para-hydroxylation sites is 4. The van der Waals surface area contributed by atoms with Gasteiger partial charge in [-0.15, -0.1) is 0 Å². The first-order valence-electron chi connectivity index (χ1n) is 12.8. The first-order valence-corrected chi connectivity index (χ1v) is 12.8. The zero-order valence-corrected chi connectivity index (χ0v) is 20.8. The Labute approximate surface area is 222 Å². The van der Waals surface area contributed by atoms with Gasteiger partial charge in [-0.2, -0.15) is 9.97 Å². The van der Waals surface area contributed by atoms with Crippen molar-refractivity contribution in [1.29, 1.82) is 0 Å². The summed E-state index contributed by atoms with van der Waals surface area (Å²) in [6.45, 7) is 0. The number of imidazole rings is 1. The predicted molar refractivity (Wildman–Crippen MR) is 156 cm³/mol. The molecule has 3 heterocycles. The topological polar surface area (TPSA) is 57.1 Å². The number of benzene rings is 5. The van der Waals surface area contributed by atoms with Crippen LogP contribution in [0.3, 0.4) is 0 Å². The molecule has 6 nitrogen and oxygen atoms in total. The van der Waals surface area contributed by atoms with Gasteiger partial charge in [0.2, 0.25) is 11.7 Å². The predicted octanol–water partition coefficient (Wildman–Crippen LogP) is 6.80. The van der Waals surface area contributed by atoms with Crippen LogP contribution in [0.15, 0.2) is 132 Å². The molecular weight excluding hydrogens is 482 g/mol. The van der Waals surface area contributed by atoms with E-state index >= 15 is 0 Å². The molecule has 0 unspecified atom stereocenters.